The number of urea groups is 1. The summed E-state index contributed by atoms with van der Waals surface area (Å²) in [6.45, 7) is 7.49. The molecular formula is C33H37F3N4O3. The zero-order chi connectivity index (χ0) is 31.5. The van der Waals surface area contributed by atoms with Gasteiger partial charge in [-0.3, -0.25) is 19.9 Å². The lowest BCUT2D eigenvalue weighted by atomic mass is 9.86. The van der Waals surface area contributed by atoms with Crippen LogP contribution in [-0.4, -0.2) is 28.9 Å². The molecule has 1 aliphatic rings. The number of halogens is 3. The smallest absolute Gasteiger partial charge is 0.351 e. The van der Waals surface area contributed by atoms with Crippen molar-refractivity contribution in [2.75, 3.05) is 4.90 Å². The first-order valence-electron chi connectivity index (χ1n) is 14.1. The van der Waals surface area contributed by atoms with E-state index < -0.39 is 47.1 Å². The largest absolute Gasteiger partial charge is 0.416 e. The first kappa shape index (κ1) is 31.6. The van der Waals surface area contributed by atoms with E-state index in [4.69, 9.17) is 5.73 Å². The summed E-state index contributed by atoms with van der Waals surface area (Å²) in [7, 11) is 0. The molecule has 7 nitrogen and oxygen atoms in total. The van der Waals surface area contributed by atoms with Crippen LogP contribution in [0.4, 0.5) is 23.7 Å². The van der Waals surface area contributed by atoms with E-state index in [2.05, 4.69) is 5.43 Å². The van der Waals surface area contributed by atoms with Crippen molar-refractivity contribution in [3.63, 3.8) is 0 Å². The summed E-state index contributed by atoms with van der Waals surface area (Å²) in [5.74, 6) is -1.35. The number of nitrogens with one attached hydrogen (secondary N) is 1. The highest BCUT2D eigenvalue weighted by Crippen LogP contribution is 2.41. The molecule has 43 heavy (non-hydrogen) atoms. The van der Waals surface area contributed by atoms with Gasteiger partial charge in [-0.2, -0.15) is 13.2 Å². The summed E-state index contributed by atoms with van der Waals surface area (Å²) in [5, 5.41) is 1.19. The summed E-state index contributed by atoms with van der Waals surface area (Å²) in [6.07, 6.45) is -4.01. The van der Waals surface area contributed by atoms with E-state index >= 15 is 0 Å². The lowest BCUT2D eigenvalue weighted by molar-refractivity contribution is -0.145. The van der Waals surface area contributed by atoms with Crippen LogP contribution >= 0.6 is 0 Å². The average molecular weight is 595 g/mol. The van der Waals surface area contributed by atoms with Crippen molar-refractivity contribution >= 4 is 23.5 Å². The van der Waals surface area contributed by atoms with Gasteiger partial charge in [-0.15, -0.1) is 0 Å². The van der Waals surface area contributed by atoms with Gasteiger partial charge in [0.1, 0.15) is 6.04 Å². The van der Waals surface area contributed by atoms with E-state index in [9.17, 15) is 27.6 Å². The third-order valence-electron chi connectivity index (χ3n) is 7.51. The van der Waals surface area contributed by atoms with E-state index in [1.807, 2.05) is 64.1 Å². The predicted molar refractivity (Wildman–Crippen MR) is 159 cm³/mol. The standard InChI is InChI=1S/C33H37F3N4O3/c1-21-9-8-12-26(17-21)39(31(37)43)28-19-24(22-10-6-5-7-11-22)18-27(23-13-15-25(16-14-23)33(34,35)36)40(30(28)42)38-29(41)20-32(2,3)4/h5-17,24,27-28H,18-20H2,1-4H3,(H2,37,43)(H,38,41)/t24-,27?,28-/m1/s1. The van der Waals surface area contributed by atoms with Crippen molar-refractivity contribution in [1.82, 2.24) is 10.4 Å². The molecule has 1 fully saturated rings. The second-order valence-corrected chi connectivity index (χ2v) is 12.3. The van der Waals surface area contributed by atoms with Crippen molar-refractivity contribution < 1.29 is 27.6 Å². The maximum Gasteiger partial charge on any atom is 0.416 e. The van der Waals surface area contributed by atoms with Crippen molar-refractivity contribution in [1.29, 1.82) is 0 Å². The van der Waals surface area contributed by atoms with Gasteiger partial charge >= 0.3 is 12.2 Å². The summed E-state index contributed by atoms with van der Waals surface area (Å²) in [5.41, 5.74) is 10.0. The molecule has 3 N–H and O–H groups in total. The van der Waals surface area contributed by atoms with Crippen molar-refractivity contribution in [2.24, 2.45) is 11.1 Å². The minimum absolute atomic E-state index is 0.0840. The lowest BCUT2D eigenvalue weighted by Crippen LogP contribution is -2.57. The second-order valence-electron chi connectivity index (χ2n) is 12.3. The highest BCUT2D eigenvalue weighted by atomic mass is 19.4. The fraction of sp³-hybridized carbons (Fsp3) is 0.364. The van der Waals surface area contributed by atoms with Gasteiger partial charge in [-0.25, -0.2) is 9.80 Å². The Kier molecular flexibility index (Phi) is 9.18. The van der Waals surface area contributed by atoms with E-state index in [-0.39, 0.29) is 25.2 Å². The highest BCUT2D eigenvalue weighted by molar-refractivity contribution is 6.00. The number of amides is 4. The first-order valence-corrected chi connectivity index (χ1v) is 14.1. The predicted octanol–water partition coefficient (Wildman–Crippen LogP) is 6.88. The quantitative estimate of drug-likeness (QED) is 0.326. The van der Waals surface area contributed by atoms with Gasteiger partial charge in [0.15, 0.2) is 0 Å². The molecule has 3 aromatic carbocycles. The molecule has 10 heteroatoms. The van der Waals surface area contributed by atoms with Gasteiger partial charge in [0.25, 0.3) is 5.91 Å². The minimum Gasteiger partial charge on any atom is -0.351 e. The number of anilines is 1. The number of nitrogens with two attached hydrogens (primary N) is 1. The van der Waals surface area contributed by atoms with Crippen LogP contribution in [0.2, 0.25) is 0 Å². The summed E-state index contributed by atoms with van der Waals surface area (Å²) >= 11 is 0. The number of alkyl halides is 3. The topological polar surface area (TPSA) is 95.7 Å². The molecule has 228 valence electrons. The van der Waals surface area contributed by atoms with Gasteiger partial charge in [0, 0.05) is 12.1 Å². The van der Waals surface area contributed by atoms with E-state index in [1.165, 1.54) is 22.0 Å². The number of aryl methyl sites for hydroxylation is 1. The number of hydrogen-bond donors (Lipinski definition) is 2. The highest BCUT2D eigenvalue weighted by Gasteiger charge is 2.44. The normalized spacial score (nSPS) is 19.5. The molecule has 3 aromatic rings. The molecule has 1 aliphatic heterocycles. The van der Waals surface area contributed by atoms with Crippen LogP contribution in [0.25, 0.3) is 0 Å². The van der Waals surface area contributed by atoms with Gasteiger partial charge in [0.2, 0.25) is 5.91 Å². The second kappa shape index (κ2) is 12.5. The number of benzene rings is 3. The minimum atomic E-state index is -4.54. The van der Waals surface area contributed by atoms with Gasteiger partial charge < -0.3 is 5.73 Å². The van der Waals surface area contributed by atoms with E-state index in [1.54, 1.807) is 18.2 Å². The Labute approximate surface area is 249 Å². The number of nitrogens with zero attached hydrogens (tertiary/aromatic N) is 2. The zero-order valence-corrected chi connectivity index (χ0v) is 24.7. The van der Waals surface area contributed by atoms with Crippen LogP contribution in [0.3, 0.4) is 0 Å². The van der Waals surface area contributed by atoms with Crippen LogP contribution in [0, 0.1) is 12.3 Å². The first-order chi connectivity index (χ1) is 20.1. The number of carbonyl (C=O) groups is 3. The third-order valence-corrected chi connectivity index (χ3v) is 7.51. The van der Waals surface area contributed by atoms with Crippen molar-refractivity contribution in [3.8, 4) is 0 Å². The Hall–Kier alpha value is -4.34. The third kappa shape index (κ3) is 7.74. The zero-order valence-electron chi connectivity index (χ0n) is 24.7. The molecule has 0 spiro atoms. The fourth-order valence-electron chi connectivity index (χ4n) is 5.58. The Morgan fingerprint density at radius 3 is 2.14 bits per heavy atom. The van der Waals surface area contributed by atoms with E-state index in [0.29, 0.717) is 11.3 Å². The SMILES string of the molecule is Cc1cccc(N(C(N)=O)[C@@H]2C[C@H](c3ccccc3)CC(c3ccc(C(F)(F)F)cc3)N(NC(=O)CC(C)(C)C)C2=O)c1. The number of carbonyl (C=O) groups excluding carboxylic acids is 3. The molecule has 4 rings (SSSR count). The van der Waals surface area contributed by atoms with Crippen molar-refractivity contribution in [3.05, 3.63) is 101 Å². The lowest BCUT2D eigenvalue weighted by Gasteiger charge is -2.35. The van der Waals surface area contributed by atoms with Crippen molar-refractivity contribution in [2.45, 2.75) is 71.1 Å². The van der Waals surface area contributed by atoms with Gasteiger partial charge in [0.05, 0.1) is 11.6 Å². The molecule has 1 unspecified atom stereocenters. The number of hydrazine groups is 1. The van der Waals surface area contributed by atoms with Crippen LogP contribution in [-0.2, 0) is 15.8 Å². The monoisotopic (exact) mass is 594 g/mol. The van der Waals surface area contributed by atoms with E-state index in [0.717, 1.165) is 23.3 Å². The fourth-order valence-corrected chi connectivity index (χ4v) is 5.58. The molecule has 0 radical (unpaired) electrons. The van der Waals surface area contributed by atoms with Crippen LogP contribution in [0.1, 0.15) is 74.2 Å². The number of hydrogen-bond acceptors (Lipinski definition) is 3. The van der Waals surface area contributed by atoms with Crippen LogP contribution < -0.4 is 16.1 Å². The number of primary amides is 1. The maximum absolute atomic E-state index is 14.5. The summed E-state index contributed by atoms with van der Waals surface area (Å²) in [6, 6.07) is 18.2. The molecule has 0 saturated carbocycles. The Bertz CT molecular complexity index is 1450. The molecule has 3 atom stereocenters. The molecule has 0 aliphatic carbocycles. The molecule has 1 heterocycles. The Morgan fingerprint density at radius 2 is 1.58 bits per heavy atom. The molecule has 4 amide bonds. The Balaban J connectivity index is 1.87. The van der Waals surface area contributed by atoms with Crippen LogP contribution in [0.5, 0.6) is 0 Å². The number of rotatable bonds is 6. The average Bonchev–Trinajstić information content (AvgIpc) is 3.05. The van der Waals surface area contributed by atoms with Gasteiger partial charge in [-0.05, 0) is 72.1 Å². The molecule has 1 saturated heterocycles. The molecule has 0 aromatic heterocycles. The summed E-state index contributed by atoms with van der Waals surface area (Å²) in [4.78, 5) is 42.0. The van der Waals surface area contributed by atoms with Crippen LogP contribution in [0.15, 0.2) is 78.9 Å². The maximum atomic E-state index is 14.5. The van der Waals surface area contributed by atoms with Gasteiger partial charge in [-0.1, -0.05) is 75.4 Å². The summed E-state index contributed by atoms with van der Waals surface area (Å²) < 4.78 is 40.2. The Morgan fingerprint density at radius 1 is 0.930 bits per heavy atom. The molecule has 0 bridgehead atoms. The molecular weight excluding hydrogens is 557 g/mol.